The first-order valence-electron chi connectivity index (χ1n) is 5.86. The average Bonchev–Trinajstić information content (AvgIpc) is 2.26. The monoisotopic (exact) mass is 248 g/mol. The molecule has 0 atom stereocenters. The van der Waals surface area contributed by atoms with E-state index >= 15 is 0 Å². The number of carboxylic acids is 1. The Morgan fingerprint density at radius 3 is 2.28 bits per heavy atom. The Morgan fingerprint density at radius 1 is 1.33 bits per heavy atom. The molecule has 1 aliphatic rings. The first-order valence-corrected chi connectivity index (χ1v) is 5.86. The van der Waals surface area contributed by atoms with Crippen molar-refractivity contribution in [3.63, 3.8) is 0 Å². The highest BCUT2D eigenvalue weighted by molar-refractivity contribution is 5.81. The maximum atomic E-state index is 10.6. The Morgan fingerprint density at radius 2 is 1.83 bits per heavy atom. The smallest absolute Gasteiger partial charge is 0.328 e. The molecule has 0 heterocycles. The molecule has 0 aromatic heterocycles. The van der Waals surface area contributed by atoms with E-state index in [0.29, 0.717) is 17.0 Å². The molecule has 4 nitrogen and oxygen atoms in total. The van der Waals surface area contributed by atoms with Crippen molar-refractivity contribution in [1.82, 2.24) is 0 Å². The van der Waals surface area contributed by atoms with Crippen molar-refractivity contribution in [2.75, 3.05) is 0 Å². The first-order chi connectivity index (χ1) is 8.34. The van der Waals surface area contributed by atoms with Gasteiger partial charge in [-0.15, -0.1) is 0 Å². The van der Waals surface area contributed by atoms with E-state index in [1.165, 1.54) is 0 Å². The fraction of sp³-hybridized carbons (Fsp3) is 0.357. The molecule has 0 aromatic rings. The number of allylic oxidation sites excluding steroid dienone is 2. The maximum absolute atomic E-state index is 10.6. The van der Waals surface area contributed by atoms with Crippen LogP contribution in [0.2, 0.25) is 0 Å². The first kappa shape index (κ1) is 14.1. The van der Waals surface area contributed by atoms with Crippen LogP contribution in [-0.2, 0) is 4.79 Å². The number of carboxylic acid groups (broad SMARTS) is 1. The lowest BCUT2D eigenvalue weighted by Crippen LogP contribution is -2.24. The minimum Gasteiger partial charge on any atom is -0.478 e. The van der Waals surface area contributed by atoms with E-state index in [2.05, 4.69) is 13.2 Å². The van der Waals surface area contributed by atoms with Crippen LogP contribution in [0.1, 0.15) is 26.2 Å². The second-order valence-corrected chi connectivity index (χ2v) is 4.64. The molecule has 18 heavy (non-hydrogen) atoms. The topological polar surface area (TPSA) is 89.3 Å². The van der Waals surface area contributed by atoms with Crippen molar-refractivity contribution >= 4 is 5.97 Å². The third-order valence-electron chi connectivity index (χ3n) is 3.20. The summed E-state index contributed by atoms with van der Waals surface area (Å²) >= 11 is 0. The summed E-state index contributed by atoms with van der Waals surface area (Å²) < 4.78 is 0. The summed E-state index contributed by atoms with van der Waals surface area (Å²) in [4.78, 5) is 10.6. The van der Waals surface area contributed by atoms with Gasteiger partial charge in [-0.25, -0.2) is 4.79 Å². The lowest BCUT2D eigenvalue weighted by atomic mass is 9.79. The van der Waals surface area contributed by atoms with Crippen molar-refractivity contribution in [3.05, 3.63) is 47.3 Å². The highest BCUT2D eigenvalue weighted by atomic mass is 16.4. The molecule has 1 rings (SSSR count). The summed E-state index contributed by atoms with van der Waals surface area (Å²) in [5, 5.41) is 8.70. The Kier molecular flexibility index (Phi) is 4.37. The van der Waals surface area contributed by atoms with Gasteiger partial charge >= 0.3 is 5.97 Å². The summed E-state index contributed by atoms with van der Waals surface area (Å²) in [6.45, 7) is 9.64. The molecule has 0 unspecified atom stereocenters. The molecular weight excluding hydrogens is 228 g/mol. The Balaban J connectivity index is 3.10. The summed E-state index contributed by atoms with van der Waals surface area (Å²) in [7, 11) is 0. The van der Waals surface area contributed by atoms with Crippen LogP contribution in [0.15, 0.2) is 47.3 Å². The fourth-order valence-corrected chi connectivity index (χ4v) is 2.21. The fourth-order valence-electron chi connectivity index (χ4n) is 2.21. The molecule has 0 aromatic carbocycles. The lowest BCUT2D eigenvalue weighted by Gasteiger charge is -2.28. The number of nitrogens with two attached hydrogens (primary N) is 2. The van der Waals surface area contributed by atoms with Gasteiger partial charge in [-0.05, 0) is 31.8 Å². The van der Waals surface area contributed by atoms with Crippen LogP contribution in [0, 0.1) is 5.92 Å². The van der Waals surface area contributed by atoms with Gasteiger partial charge in [0.05, 0.1) is 5.70 Å². The molecule has 0 bridgehead atoms. The zero-order valence-electron chi connectivity index (χ0n) is 10.7. The zero-order chi connectivity index (χ0) is 13.9. The quantitative estimate of drug-likeness (QED) is 0.405. The SMILES string of the molecule is C=C1CCCC(=C)C1/C(N)=C(N)/C(C)=C/C(=O)O. The number of rotatable bonds is 3. The van der Waals surface area contributed by atoms with Crippen LogP contribution in [0.3, 0.4) is 0 Å². The molecule has 98 valence electrons. The third-order valence-corrected chi connectivity index (χ3v) is 3.20. The van der Waals surface area contributed by atoms with Gasteiger partial charge in [0.2, 0.25) is 0 Å². The van der Waals surface area contributed by atoms with E-state index < -0.39 is 5.97 Å². The third kappa shape index (κ3) is 3.03. The van der Waals surface area contributed by atoms with Crippen molar-refractivity contribution < 1.29 is 9.90 Å². The van der Waals surface area contributed by atoms with Crippen LogP contribution in [0.25, 0.3) is 0 Å². The Hall–Kier alpha value is -1.97. The summed E-state index contributed by atoms with van der Waals surface area (Å²) in [5.41, 5.74) is 15.2. The van der Waals surface area contributed by atoms with Gasteiger partial charge in [-0.3, -0.25) is 0 Å². The standard InChI is InChI=1S/C14H20N2O2/c1-8-5-4-6-9(2)12(8)14(16)13(15)10(3)7-11(17)18/h7,12H,1-2,4-6,15-16H2,3H3,(H,17,18)/b10-7+,14-13+. The van der Waals surface area contributed by atoms with E-state index in [-0.39, 0.29) is 5.92 Å². The second-order valence-electron chi connectivity index (χ2n) is 4.64. The van der Waals surface area contributed by atoms with Crippen molar-refractivity contribution in [1.29, 1.82) is 0 Å². The van der Waals surface area contributed by atoms with Gasteiger partial charge < -0.3 is 16.6 Å². The normalized spacial score (nSPS) is 19.7. The summed E-state index contributed by atoms with van der Waals surface area (Å²) in [6.07, 6.45) is 3.89. The van der Waals surface area contributed by atoms with Crippen LogP contribution < -0.4 is 11.5 Å². The predicted octanol–water partition coefficient (Wildman–Crippen LogP) is 2.06. The van der Waals surface area contributed by atoms with Crippen LogP contribution in [0.5, 0.6) is 0 Å². The van der Waals surface area contributed by atoms with E-state index in [0.717, 1.165) is 36.5 Å². The van der Waals surface area contributed by atoms with Gasteiger partial charge in [0.15, 0.2) is 0 Å². The van der Waals surface area contributed by atoms with Crippen molar-refractivity contribution in [2.45, 2.75) is 26.2 Å². The van der Waals surface area contributed by atoms with Gasteiger partial charge in [0.1, 0.15) is 0 Å². The molecule has 1 aliphatic carbocycles. The predicted molar refractivity (Wildman–Crippen MR) is 72.4 cm³/mol. The van der Waals surface area contributed by atoms with Gasteiger partial charge in [-0.2, -0.15) is 0 Å². The number of carbonyl (C=O) groups is 1. The van der Waals surface area contributed by atoms with Gasteiger partial charge in [0.25, 0.3) is 0 Å². The molecule has 0 aliphatic heterocycles. The molecule has 0 amide bonds. The minimum atomic E-state index is -1.04. The molecule has 1 saturated carbocycles. The minimum absolute atomic E-state index is 0.129. The number of aliphatic carboxylic acids is 1. The molecule has 1 fully saturated rings. The van der Waals surface area contributed by atoms with Crippen LogP contribution in [-0.4, -0.2) is 11.1 Å². The molecule has 0 spiro atoms. The Bertz CT molecular complexity index is 442. The molecule has 0 radical (unpaired) electrons. The number of hydrogen-bond donors (Lipinski definition) is 3. The van der Waals surface area contributed by atoms with E-state index in [1.54, 1.807) is 6.92 Å². The molecule has 0 saturated heterocycles. The van der Waals surface area contributed by atoms with Gasteiger partial charge in [0, 0.05) is 17.7 Å². The van der Waals surface area contributed by atoms with E-state index in [4.69, 9.17) is 16.6 Å². The van der Waals surface area contributed by atoms with Crippen molar-refractivity contribution in [2.24, 2.45) is 17.4 Å². The second kappa shape index (κ2) is 5.58. The lowest BCUT2D eigenvalue weighted by molar-refractivity contribution is -0.131. The molecule has 5 N–H and O–H groups in total. The van der Waals surface area contributed by atoms with Crippen LogP contribution in [0.4, 0.5) is 0 Å². The summed E-state index contributed by atoms with van der Waals surface area (Å²) in [6, 6.07) is 0. The van der Waals surface area contributed by atoms with Crippen molar-refractivity contribution in [3.8, 4) is 0 Å². The van der Waals surface area contributed by atoms with Crippen LogP contribution >= 0.6 is 0 Å². The summed E-state index contributed by atoms with van der Waals surface area (Å²) in [5.74, 6) is -1.17. The molecular formula is C14H20N2O2. The molecule has 4 heteroatoms. The largest absolute Gasteiger partial charge is 0.478 e. The van der Waals surface area contributed by atoms with E-state index in [9.17, 15) is 4.79 Å². The number of hydrogen-bond acceptors (Lipinski definition) is 3. The van der Waals surface area contributed by atoms with E-state index in [1.807, 2.05) is 0 Å². The highest BCUT2D eigenvalue weighted by Crippen LogP contribution is 2.36. The highest BCUT2D eigenvalue weighted by Gasteiger charge is 2.24. The van der Waals surface area contributed by atoms with Gasteiger partial charge in [-0.1, -0.05) is 24.3 Å². The Labute approximate surface area is 107 Å². The zero-order valence-corrected chi connectivity index (χ0v) is 10.7. The average molecular weight is 248 g/mol. The maximum Gasteiger partial charge on any atom is 0.328 e.